The second-order valence-electron chi connectivity index (χ2n) is 4.94. The standard InChI is InChI=1S/C15H20N2O2/c1-10-5-11(2)7-12(6-10)8-13(18)15-14(19-4)9-16-17(15)3/h5-7,9,13,18H,8H2,1-4H3. The molecule has 4 nitrogen and oxygen atoms in total. The van der Waals surface area contributed by atoms with Crippen LogP contribution in [0.2, 0.25) is 0 Å². The maximum Gasteiger partial charge on any atom is 0.162 e. The van der Waals surface area contributed by atoms with Crippen LogP contribution in [0.1, 0.15) is 28.5 Å². The van der Waals surface area contributed by atoms with Crippen LogP contribution in [0.25, 0.3) is 0 Å². The number of aliphatic hydroxyl groups is 1. The van der Waals surface area contributed by atoms with Gasteiger partial charge in [-0.2, -0.15) is 5.10 Å². The van der Waals surface area contributed by atoms with Crippen molar-refractivity contribution in [3.05, 3.63) is 46.8 Å². The minimum absolute atomic E-state index is 0.554. The van der Waals surface area contributed by atoms with Crippen molar-refractivity contribution in [2.45, 2.75) is 26.4 Å². The molecular weight excluding hydrogens is 240 g/mol. The van der Waals surface area contributed by atoms with Gasteiger partial charge in [-0.15, -0.1) is 0 Å². The van der Waals surface area contributed by atoms with E-state index in [2.05, 4.69) is 37.1 Å². The predicted octanol–water partition coefficient (Wildman–Crippen LogP) is 2.32. The van der Waals surface area contributed by atoms with Crippen LogP contribution in [-0.4, -0.2) is 22.0 Å². The molecule has 0 fully saturated rings. The van der Waals surface area contributed by atoms with Gasteiger partial charge in [-0.1, -0.05) is 29.3 Å². The van der Waals surface area contributed by atoms with E-state index in [-0.39, 0.29) is 0 Å². The van der Waals surface area contributed by atoms with Crippen molar-refractivity contribution in [3.63, 3.8) is 0 Å². The largest absolute Gasteiger partial charge is 0.493 e. The molecular formula is C15H20N2O2. The Morgan fingerprint density at radius 2 is 1.89 bits per heavy atom. The monoisotopic (exact) mass is 260 g/mol. The molecule has 0 aliphatic carbocycles. The molecule has 0 saturated carbocycles. The highest BCUT2D eigenvalue weighted by Gasteiger charge is 2.18. The summed E-state index contributed by atoms with van der Waals surface area (Å²) in [7, 11) is 3.40. The van der Waals surface area contributed by atoms with E-state index in [0.29, 0.717) is 17.9 Å². The summed E-state index contributed by atoms with van der Waals surface area (Å²) < 4.78 is 6.89. The number of benzene rings is 1. The fourth-order valence-electron chi connectivity index (χ4n) is 2.47. The quantitative estimate of drug-likeness (QED) is 0.917. The van der Waals surface area contributed by atoms with E-state index in [1.165, 1.54) is 11.1 Å². The molecule has 1 N–H and O–H groups in total. The van der Waals surface area contributed by atoms with Gasteiger partial charge in [-0.3, -0.25) is 4.68 Å². The van der Waals surface area contributed by atoms with Crippen LogP contribution in [0, 0.1) is 13.8 Å². The van der Waals surface area contributed by atoms with E-state index in [9.17, 15) is 5.11 Å². The lowest BCUT2D eigenvalue weighted by Crippen LogP contribution is -2.09. The summed E-state index contributed by atoms with van der Waals surface area (Å²) >= 11 is 0. The summed E-state index contributed by atoms with van der Waals surface area (Å²) in [6, 6.07) is 6.32. The number of methoxy groups -OCH3 is 1. The maximum absolute atomic E-state index is 10.4. The van der Waals surface area contributed by atoms with Crippen LogP contribution in [0.4, 0.5) is 0 Å². The van der Waals surface area contributed by atoms with E-state index >= 15 is 0 Å². The Bertz CT molecular complexity index is 555. The number of aryl methyl sites for hydroxylation is 3. The van der Waals surface area contributed by atoms with E-state index in [4.69, 9.17) is 4.74 Å². The average Bonchev–Trinajstić information content (AvgIpc) is 2.68. The lowest BCUT2D eigenvalue weighted by molar-refractivity contribution is 0.164. The molecule has 1 atom stereocenters. The van der Waals surface area contributed by atoms with E-state index in [1.54, 1.807) is 18.0 Å². The van der Waals surface area contributed by atoms with Gasteiger partial charge in [0.2, 0.25) is 0 Å². The molecule has 102 valence electrons. The van der Waals surface area contributed by atoms with Crippen molar-refractivity contribution >= 4 is 0 Å². The number of rotatable bonds is 4. The van der Waals surface area contributed by atoms with Crippen LogP contribution in [-0.2, 0) is 13.5 Å². The van der Waals surface area contributed by atoms with Gasteiger partial charge in [0.1, 0.15) is 11.8 Å². The number of aliphatic hydroxyl groups excluding tert-OH is 1. The lowest BCUT2D eigenvalue weighted by Gasteiger charge is -2.14. The number of aromatic nitrogens is 2. The second-order valence-corrected chi connectivity index (χ2v) is 4.94. The van der Waals surface area contributed by atoms with Crippen LogP contribution in [0.3, 0.4) is 0 Å². The summed E-state index contributed by atoms with van der Waals surface area (Å²) in [6.07, 6.45) is 1.56. The van der Waals surface area contributed by atoms with Gasteiger partial charge in [0.05, 0.1) is 13.3 Å². The smallest absolute Gasteiger partial charge is 0.162 e. The minimum atomic E-state index is -0.622. The first-order valence-electron chi connectivity index (χ1n) is 6.32. The highest BCUT2D eigenvalue weighted by Crippen LogP contribution is 2.27. The van der Waals surface area contributed by atoms with Crippen LogP contribution in [0.5, 0.6) is 5.75 Å². The summed E-state index contributed by atoms with van der Waals surface area (Å²) in [5, 5.41) is 14.5. The zero-order valence-electron chi connectivity index (χ0n) is 11.8. The maximum atomic E-state index is 10.4. The molecule has 19 heavy (non-hydrogen) atoms. The molecule has 1 unspecified atom stereocenters. The summed E-state index contributed by atoms with van der Waals surface area (Å²) in [5.41, 5.74) is 4.24. The Hall–Kier alpha value is -1.81. The van der Waals surface area contributed by atoms with Crippen molar-refractivity contribution in [2.24, 2.45) is 7.05 Å². The van der Waals surface area contributed by atoms with E-state index < -0.39 is 6.10 Å². The normalized spacial score (nSPS) is 12.5. The molecule has 0 saturated heterocycles. The van der Waals surface area contributed by atoms with Crippen molar-refractivity contribution in [1.29, 1.82) is 0 Å². The highest BCUT2D eigenvalue weighted by atomic mass is 16.5. The first kappa shape index (κ1) is 13.6. The Morgan fingerprint density at radius 3 is 2.47 bits per heavy atom. The third-order valence-electron chi connectivity index (χ3n) is 3.20. The average molecular weight is 260 g/mol. The summed E-state index contributed by atoms with van der Waals surface area (Å²) in [5.74, 6) is 0.624. The molecule has 0 spiro atoms. The van der Waals surface area contributed by atoms with Gasteiger partial charge in [0.15, 0.2) is 5.75 Å². The molecule has 4 heteroatoms. The molecule has 0 bridgehead atoms. The van der Waals surface area contributed by atoms with Crippen molar-refractivity contribution < 1.29 is 9.84 Å². The Kier molecular flexibility index (Phi) is 3.90. The van der Waals surface area contributed by atoms with Gasteiger partial charge >= 0.3 is 0 Å². The van der Waals surface area contributed by atoms with Gasteiger partial charge in [-0.25, -0.2) is 0 Å². The number of hydrogen-bond acceptors (Lipinski definition) is 3. The summed E-state index contributed by atoms with van der Waals surface area (Å²) in [6.45, 7) is 4.13. The Balaban J connectivity index is 2.25. The molecule has 1 aromatic carbocycles. The van der Waals surface area contributed by atoms with Gasteiger partial charge in [0, 0.05) is 13.5 Å². The van der Waals surface area contributed by atoms with Crippen LogP contribution in [0.15, 0.2) is 24.4 Å². The zero-order chi connectivity index (χ0) is 14.0. The molecule has 1 aromatic heterocycles. The second kappa shape index (κ2) is 5.45. The topological polar surface area (TPSA) is 47.3 Å². The molecule has 2 rings (SSSR count). The SMILES string of the molecule is COc1cnn(C)c1C(O)Cc1cc(C)cc(C)c1. The van der Waals surface area contributed by atoms with E-state index in [0.717, 1.165) is 5.56 Å². The van der Waals surface area contributed by atoms with Crippen LogP contribution >= 0.6 is 0 Å². The Labute approximate surface area is 113 Å². The first-order chi connectivity index (χ1) is 9.01. The van der Waals surface area contributed by atoms with Gasteiger partial charge in [0.25, 0.3) is 0 Å². The third kappa shape index (κ3) is 2.96. The number of hydrogen-bond donors (Lipinski definition) is 1. The molecule has 0 radical (unpaired) electrons. The van der Waals surface area contributed by atoms with Crippen LogP contribution < -0.4 is 4.74 Å². The lowest BCUT2D eigenvalue weighted by atomic mass is 10.0. The Morgan fingerprint density at radius 1 is 1.26 bits per heavy atom. The third-order valence-corrected chi connectivity index (χ3v) is 3.20. The van der Waals surface area contributed by atoms with E-state index in [1.807, 2.05) is 7.05 Å². The van der Waals surface area contributed by atoms with Crippen molar-refractivity contribution in [1.82, 2.24) is 9.78 Å². The number of ether oxygens (including phenoxy) is 1. The highest BCUT2D eigenvalue weighted by molar-refractivity contribution is 5.32. The molecule has 0 aliphatic rings. The van der Waals surface area contributed by atoms with Crippen molar-refractivity contribution in [2.75, 3.05) is 7.11 Å². The predicted molar refractivity (Wildman–Crippen MR) is 74.3 cm³/mol. The van der Waals surface area contributed by atoms with Crippen molar-refractivity contribution in [3.8, 4) is 5.75 Å². The van der Waals surface area contributed by atoms with Gasteiger partial charge in [-0.05, 0) is 19.4 Å². The minimum Gasteiger partial charge on any atom is -0.493 e. The molecule has 0 amide bonds. The number of nitrogens with zero attached hydrogens (tertiary/aromatic N) is 2. The molecule has 1 heterocycles. The summed E-state index contributed by atoms with van der Waals surface area (Å²) in [4.78, 5) is 0. The fraction of sp³-hybridized carbons (Fsp3) is 0.400. The fourth-order valence-corrected chi connectivity index (χ4v) is 2.47. The zero-order valence-corrected chi connectivity index (χ0v) is 11.8. The molecule has 0 aliphatic heterocycles. The molecule has 2 aromatic rings. The van der Waals surface area contributed by atoms with Gasteiger partial charge < -0.3 is 9.84 Å². The first-order valence-corrected chi connectivity index (χ1v) is 6.32.